The molecular formula is C28H39NO4. The average Bonchev–Trinajstić information content (AvgIpc) is 2.82. The lowest BCUT2D eigenvalue weighted by molar-refractivity contribution is -0.125. The Morgan fingerprint density at radius 1 is 0.939 bits per heavy atom. The van der Waals surface area contributed by atoms with E-state index >= 15 is 0 Å². The van der Waals surface area contributed by atoms with Gasteiger partial charge in [-0.2, -0.15) is 0 Å². The van der Waals surface area contributed by atoms with Gasteiger partial charge in [-0.1, -0.05) is 72.7 Å². The molecule has 1 unspecified atom stereocenters. The minimum atomic E-state index is -0.580. The maximum absolute atomic E-state index is 13.1. The summed E-state index contributed by atoms with van der Waals surface area (Å²) in [5, 5.41) is 8.75. The highest BCUT2D eigenvalue weighted by Gasteiger charge is 2.28. The third-order valence-corrected chi connectivity index (χ3v) is 6.95. The number of hydrogen-bond acceptors (Lipinski definition) is 4. The monoisotopic (exact) mass is 453 g/mol. The molecule has 0 aliphatic rings. The maximum atomic E-state index is 13.1. The quantitative estimate of drug-likeness (QED) is 0.316. The fourth-order valence-corrected chi connectivity index (χ4v) is 3.66. The number of nitrogens with one attached hydrogen (secondary N) is 1. The Hall–Kier alpha value is -2.66. The molecule has 0 saturated carbocycles. The normalized spacial score (nSPS) is 12.8. The van der Waals surface area contributed by atoms with Gasteiger partial charge in [0.05, 0.1) is 0 Å². The zero-order chi connectivity index (χ0) is 24.8. The standard InChI is InChI=1S/C28H39NO4/c1-8-24(23(30)17-19-11-13-20(14-12-19)26(31)29-32)33-25-16-15-21(27(4,5)9-2)18-22(25)28(6,7)10-3/h11-16,18,24,32H,8-10,17H2,1-7H3,(H,29,31). The molecule has 1 amide bonds. The van der Waals surface area contributed by atoms with Crippen LogP contribution < -0.4 is 10.2 Å². The van der Waals surface area contributed by atoms with Crippen molar-refractivity contribution in [3.8, 4) is 5.75 Å². The van der Waals surface area contributed by atoms with Gasteiger partial charge in [0, 0.05) is 17.5 Å². The lowest BCUT2D eigenvalue weighted by atomic mass is 9.76. The predicted molar refractivity (Wildman–Crippen MR) is 132 cm³/mol. The number of hydroxylamine groups is 1. The van der Waals surface area contributed by atoms with Crippen LogP contribution in [0.1, 0.15) is 94.8 Å². The molecule has 1 atom stereocenters. The molecule has 5 nitrogen and oxygen atoms in total. The number of Topliss-reactive ketones (excluding diaryl/α,β-unsaturated/α-hetero) is 1. The second-order valence-corrected chi connectivity index (χ2v) is 9.98. The highest BCUT2D eigenvalue weighted by Crippen LogP contribution is 2.39. The second kappa shape index (κ2) is 11.0. The molecule has 5 heteroatoms. The molecule has 33 heavy (non-hydrogen) atoms. The molecule has 2 N–H and O–H groups in total. The van der Waals surface area contributed by atoms with Crippen molar-refractivity contribution in [1.29, 1.82) is 0 Å². The van der Waals surface area contributed by atoms with Gasteiger partial charge in [-0.3, -0.25) is 14.8 Å². The van der Waals surface area contributed by atoms with Gasteiger partial charge in [-0.15, -0.1) is 0 Å². The van der Waals surface area contributed by atoms with Crippen LogP contribution in [0.5, 0.6) is 5.75 Å². The third kappa shape index (κ3) is 6.44. The summed E-state index contributed by atoms with van der Waals surface area (Å²) in [6.45, 7) is 15.2. The topological polar surface area (TPSA) is 75.6 Å². The highest BCUT2D eigenvalue weighted by molar-refractivity contribution is 5.93. The van der Waals surface area contributed by atoms with E-state index < -0.39 is 12.0 Å². The molecule has 0 aliphatic heterocycles. The lowest BCUT2D eigenvalue weighted by Crippen LogP contribution is -2.30. The van der Waals surface area contributed by atoms with Crippen LogP contribution in [0.3, 0.4) is 0 Å². The molecule has 2 aromatic carbocycles. The van der Waals surface area contributed by atoms with Crippen molar-refractivity contribution in [2.75, 3.05) is 0 Å². The zero-order valence-corrected chi connectivity index (χ0v) is 21.1. The van der Waals surface area contributed by atoms with Crippen LogP contribution >= 0.6 is 0 Å². The molecule has 2 rings (SSSR count). The lowest BCUT2D eigenvalue weighted by Gasteiger charge is -2.31. The first kappa shape index (κ1) is 26.6. The minimum Gasteiger partial charge on any atom is -0.482 e. The molecule has 0 bridgehead atoms. The maximum Gasteiger partial charge on any atom is 0.274 e. The van der Waals surface area contributed by atoms with Crippen LogP contribution in [0.15, 0.2) is 42.5 Å². The minimum absolute atomic E-state index is 0.00456. The molecule has 0 aromatic heterocycles. The van der Waals surface area contributed by atoms with Crippen LogP contribution in [-0.2, 0) is 22.0 Å². The van der Waals surface area contributed by atoms with E-state index in [-0.39, 0.29) is 23.0 Å². The van der Waals surface area contributed by atoms with E-state index in [1.54, 1.807) is 29.7 Å². The van der Waals surface area contributed by atoms with Gasteiger partial charge in [0.25, 0.3) is 5.91 Å². The number of rotatable bonds is 11. The summed E-state index contributed by atoms with van der Waals surface area (Å²) < 4.78 is 6.35. The summed E-state index contributed by atoms with van der Waals surface area (Å²) in [5.74, 6) is 0.186. The largest absolute Gasteiger partial charge is 0.482 e. The van der Waals surface area contributed by atoms with Gasteiger partial charge in [-0.25, -0.2) is 5.48 Å². The SMILES string of the molecule is CCC(Oc1ccc(C(C)(C)CC)cc1C(C)(C)CC)C(=O)Cc1ccc(C(=O)NO)cc1. The van der Waals surface area contributed by atoms with Gasteiger partial charge < -0.3 is 4.74 Å². The molecule has 180 valence electrons. The molecule has 0 aliphatic carbocycles. The Morgan fingerprint density at radius 3 is 2.06 bits per heavy atom. The van der Waals surface area contributed by atoms with Crippen molar-refractivity contribution in [3.05, 3.63) is 64.7 Å². The third-order valence-electron chi connectivity index (χ3n) is 6.95. The predicted octanol–water partition coefficient (Wildman–Crippen LogP) is 6.15. The van der Waals surface area contributed by atoms with Crippen LogP contribution in [0.2, 0.25) is 0 Å². The Bertz CT molecular complexity index is 960. The average molecular weight is 454 g/mol. The molecule has 0 heterocycles. The first-order valence-corrected chi connectivity index (χ1v) is 11.9. The van der Waals surface area contributed by atoms with Gasteiger partial charge in [-0.05, 0) is 59.4 Å². The fourth-order valence-electron chi connectivity index (χ4n) is 3.66. The number of ether oxygens (including phenoxy) is 1. The molecule has 0 spiro atoms. The number of carbonyl (C=O) groups is 2. The Morgan fingerprint density at radius 2 is 1.55 bits per heavy atom. The summed E-state index contributed by atoms with van der Waals surface area (Å²) in [4.78, 5) is 24.6. The summed E-state index contributed by atoms with van der Waals surface area (Å²) >= 11 is 0. The molecule has 2 aromatic rings. The zero-order valence-electron chi connectivity index (χ0n) is 21.1. The van der Waals surface area contributed by atoms with E-state index in [0.717, 1.165) is 29.7 Å². The van der Waals surface area contributed by atoms with Crippen molar-refractivity contribution >= 4 is 11.7 Å². The van der Waals surface area contributed by atoms with Gasteiger partial charge in [0.1, 0.15) is 5.75 Å². The Labute approximate surface area is 198 Å². The number of benzene rings is 2. The van der Waals surface area contributed by atoms with Crippen LogP contribution in [0, 0.1) is 0 Å². The van der Waals surface area contributed by atoms with Crippen LogP contribution in [0.4, 0.5) is 0 Å². The van der Waals surface area contributed by atoms with Crippen molar-refractivity contribution in [3.63, 3.8) is 0 Å². The van der Waals surface area contributed by atoms with E-state index in [4.69, 9.17) is 9.94 Å². The number of hydrogen-bond donors (Lipinski definition) is 2. The van der Waals surface area contributed by atoms with Crippen molar-refractivity contribution < 1.29 is 19.5 Å². The van der Waals surface area contributed by atoms with Gasteiger partial charge >= 0.3 is 0 Å². The van der Waals surface area contributed by atoms with E-state index in [1.807, 2.05) is 13.0 Å². The highest BCUT2D eigenvalue weighted by atomic mass is 16.5. The van der Waals surface area contributed by atoms with Gasteiger partial charge in [0.15, 0.2) is 11.9 Å². The first-order chi connectivity index (χ1) is 15.5. The summed E-state index contributed by atoms with van der Waals surface area (Å²) in [6, 6.07) is 13.0. The number of ketones is 1. The molecule has 0 radical (unpaired) electrons. The fraction of sp³-hybridized carbons (Fsp3) is 0.500. The first-order valence-electron chi connectivity index (χ1n) is 11.9. The molecular weight excluding hydrogens is 414 g/mol. The van der Waals surface area contributed by atoms with Gasteiger partial charge in [0.2, 0.25) is 0 Å². The smallest absolute Gasteiger partial charge is 0.274 e. The summed E-state index contributed by atoms with van der Waals surface area (Å²) in [6.07, 6.45) is 2.22. The van der Waals surface area contributed by atoms with E-state index in [1.165, 1.54) is 5.56 Å². The van der Waals surface area contributed by atoms with E-state index in [9.17, 15) is 9.59 Å². The summed E-state index contributed by atoms with van der Waals surface area (Å²) in [5.41, 5.74) is 5.13. The van der Waals surface area contributed by atoms with E-state index in [0.29, 0.717) is 12.0 Å². The number of carbonyl (C=O) groups excluding carboxylic acids is 2. The Balaban J connectivity index is 2.29. The number of amides is 1. The molecule has 0 fully saturated rings. The van der Waals surface area contributed by atoms with Crippen molar-refractivity contribution in [2.45, 2.75) is 91.1 Å². The van der Waals surface area contributed by atoms with E-state index in [2.05, 4.69) is 53.7 Å². The molecule has 0 saturated heterocycles. The summed E-state index contributed by atoms with van der Waals surface area (Å²) in [7, 11) is 0. The van der Waals surface area contributed by atoms with Crippen LogP contribution in [-0.4, -0.2) is 23.0 Å². The second-order valence-electron chi connectivity index (χ2n) is 9.98. The van der Waals surface area contributed by atoms with Crippen molar-refractivity contribution in [2.24, 2.45) is 0 Å². The van der Waals surface area contributed by atoms with Crippen LogP contribution in [0.25, 0.3) is 0 Å². The van der Waals surface area contributed by atoms with Crippen molar-refractivity contribution in [1.82, 2.24) is 5.48 Å². The Kier molecular flexibility index (Phi) is 8.84.